The van der Waals surface area contributed by atoms with E-state index in [0.29, 0.717) is 18.7 Å². The van der Waals surface area contributed by atoms with Gasteiger partial charge in [0.2, 0.25) is 0 Å². The quantitative estimate of drug-likeness (QED) is 0.832. The molecule has 0 aromatic heterocycles. The van der Waals surface area contributed by atoms with Gasteiger partial charge in [0.15, 0.2) is 0 Å². The molecule has 2 rings (SSSR count). The molecule has 2 atom stereocenters. The van der Waals surface area contributed by atoms with E-state index in [0.717, 1.165) is 5.56 Å². The molecule has 1 aliphatic heterocycles. The molecule has 3 nitrogen and oxygen atoms in total. The van der Waals surface area contributed by atoms with Crippen molar-refractivity contribution >= 4 is 0 Å². The highest BCUT2D eigenvalue weighted by molar-refractivity contribution is 5.24. The second-order valence-electron chi connectivity index (χ2n) is 5.31. The van der Waals surface area contributed by atoms with Gasteiger partial charge in [-0.05, 0) is 44.4 Å². The van der Waals surface area contributed by atoms with Gasteiger partial charge in [-0.1, -0.05) is 30.7 Å². The van der Waals surface area contributed by atoms with Crippen molar-refractivity contribution in [3.05, 3.63) is 35.4 Å². The topological polar surface area (TPSA) is 38.5 Å². The van der Waals surface area contributed by atoms with Crippen LogP contribution in [0.25, 0.3) is 0 Å². The summed E-state index contributed by atoms with van der Waals surface area (Å²) in [6, 6.07) is 9.79. The molecule has 1 heterocycles. The Kier molecular flexibility index (Phi) is 4.75. The molecule has 2 N–H and O–H groups in total. The van der Waals surface area contributed by atoms with Crippen LogP contribution < -0.4 is 5.90 Å². The van der Waals surface area contributed by atoms with Crippen LogP contribution in [0.5, 0.6) is 0 Å². The average Bonchev–Trinajstić information content (AvgIpc) is 2.40. The van der Waals surface area contributed by atoms with Crippen molar-refractivity contribution in [2.75, 3.05) is 6.54 Å². The normalized spacial score (nSPS) is 22.9. The Morgan fingerprint density at radius 3 is 2.67 bits per heavy atom. The van der Waals surface area contributed by atoms with Gasteiger partial charge < -0.3 is 0 Å². The van der Waals surface area contributed by atoms with E-state index in [1.165, 1.54) is 31.4 Å². The van der Waals surface area contributed by atoms with E-state index in [1.807, 2.05) is 0 Å². The predicted octanol–water partition coefficient (Wildman–Crippen LogP) is 3.01. The second kappa shape index (κ2) is 6.32. The standard InChI is InChI=1S/C15H24N2O/c1-12-5-3-4-10-17(12)13(2)15-8-6-14(7-9-15)11-18-16/h6-9,12-13H,3-5,10-11,16H2,1-2H3/t12-,13-/m0/s1. The van der Waals surface area contributed by atoms with Gasteiger partial charge in [0.25, 0.3) is 0 Å². The second-order valence-corrected chi connectivity index (χ2v) is 5.31. The van der Waals surface area contributed by atoms with Gasteiger partial charge >= 0.3 is 0 Å². The third kappa shape index (κ3) is 3.10. The summed E-state index contributed by atoms with van der Waals surface area (Å²) in [7, 11) is 0. The van der Waals surface area contributed by atoms with Crippen LogP contribution in [0, 0.1) is 0 Å². The SMILES string of the molecule is C[C@H]1CCCCN1[C@@H](C)c1ccc(CON)cc1. The number of nitrogens with two attached hydrogens (primary N) is 1. The van der Waals surface area contributed by atoms with E-state index in [9.17, 15) is 0 Å². The van der Waals surface area contributed by atoms with Crippen LogP contribution in [-0.4, -0.2) is 17.5 Å². The lowest BCUT2D eigenvalue weighted by atomic mass is 9.98. The smallest absolute Gasteiger partial charge is 0.0930 e. The summed E-state index contributed by atoms with van der Waals surface area (Å²) in [5, 5.41) is 0. The van der Waals surface area contributed by atoms with E-state index in [1.54, 1.807) is 0 Å². The minimum atomic E-state index is 0.481. The molecule has 0 bridgehead atoms. The molecule has 3 heteroatoms. The highest BCUT2D eigenvalue weighted by Crippen LogP contribution is 2.28. The first-order chi connectivity index (χ1) is 8.72. The number of piperidine rings is 1. The Morgan fingerprint density at radius 1 is 1.33 bits per heavy atom. The Labute approximate surface area is 110 Å². The summed E-state index contributed by atoms with van der Waals surface area (Å²) in [5.74, 6) is 5.09. The summed E-state index contributed by atoms with van der Waals surface area (Å²) >= 11 is 0. The van der Waals surface area contributed by atoms with Gasteiger partial charge in [0, 0.05) is 12.1 Å². The summed E-state index contributed by atoms with van der Waals surface area (Å²) in [6.45, 7) is 6.34. The number of hydrogen-bond acceptors (Lipinski definition) is 3. The Bertz CT molecular complexity index is 363. The fourth-order valence-electron chi connectivity index (χ4n) is 2.88. The Balaban J connectivity index is 2.05. The lowest BCUT2D eigenvalue weighted by Gasteiger charge is -2.38. The Hall–Kier alpha value is -0.900. The summed E-state index contributed by atoms with van der Waals surface area (Å²) in [4.78, 5) is 7.26. The van der Waals surface area contributed by atoms with Gasteiger partial charge in [0.1, 0.15) is 0 Å². The highest BCUT2D eigenvalue weighted by atomic mass is 16.6. The lowest BCUT2D eigenvalue weighted by molar-refractivity contribution is 0.114. The van der Waals surface area contributed by atoms with Crippen molar-refractivity contribution in [1.82, 2.24) is 4.90 Å². The summed E-state index contributed by atoms with van der Waals surface area (Å²) in [5.41, 5.74) is 2.50. The molecule has 18 heavy (non-hydrogen) atoms. The van der Waals surface area contributed by atoms with Crippen LogP contribution in [0.3, 0.4) is 0 Å². The number of likely N-dealkylation sites (tertiary alicyclic amines) is 1. The largest absolute Gasteiger partial charge is 0.300 e. The van der Waals surface area contributed by atoms with Crippen molar-refractivity contribution in [2.45, 2.75) is 51.8 Å². The first-order valence-electron chi connectivity index (χ1n) is 6.88. The fourth-order valence-corrected chi connectivity index (χ4v) is 2.88. The van der Waals surface area contributed by atoms with E-state index >= 15 is 0 Å². The molecular formula is C15H24N2O. The van der Waals surface area contributed by atoms with Crippen LogP contribution >= 0.6 is 0 Å². The zero-order valence-corrected chi connectivity index (χ0v) is 11.4. The number of nitrogens with zero attached hydrogens (tertiary/aromatic N) is 1. The fraction of sp³-hybridized carbons (Fsp3) is 0.600. The minimum absolute atomic E-state index is 0.481. The van der Waals surface area contributed by atoms with E-state index in [4.69, 9.17) is 5.90 Å². The van der Waals surface area contributed by atoms with E-state index in [-0.39, 0.29) is 0 Å². The Morgan fingerprint density at radius 2 is 2.06 bits per heavy atom. The highest BCUT2D eigenvalue weighted by Gasteiger charge is 2.23. The maximum atomic E-state index is 5.09. The van der Waals surface area contributed by atoms with Gasteiger partial charge in [-0.25, -0.2) is 5.90 Å². The van der Waals surface area contributed by atoms with E-state index in [2.05, 4.69) is 47.9 Å². The van der Waals surface area contributed by atoms with E-state index < -0.39 is 0 Å². The van der Waals surface area contributed by atoms with Crippen molar-refractivity contribution in [3.8, 4) is 0 Å². The molecule has 0 spiro atoms. The molecule has 1 aromatic rings. The summed E-state index contributed by atoms with van der Waals surface area (Å²) < 4.78 is 0. The molecule has 0 amide bonds. The molecule has 0 unspecified atom stereocenters. The first-order valence-corrected chi connectivity index (χ1v) is 6.88. The first kappa shape index (κ1) is 13.5. The average molecular weight is 248 g/mol. The number of hydrogen-bond donors (Lipinski definition) is 1. The van der Waals surface area contributed by atoms with Crippen LogP contribution in [0.2, 0.25) is 0 Å². The molecule has 1 saturated heterocycles. The molecule has 0 saturated carbocycles. The number of rotatable bonds is 4. The molecule has 0 radical (unpaired) electrons. The van der Waals surface area contributed by atoms with Crippen molar-refractivity contribution in [3.63, 3.8) is 0 Å². The molecular weight excluding hydrogens is 224 g/mol. The van der Waals surface area contributed by atoms with Crippen molar-refractivity contribution < 1.29 is 4.84 Å². The molecule has 1 aliphatic rings. The maximum Gasteiger partial charge on any atom is 0.0930 e. The van der Waals surface area contributed by atoms with Crippen LogP contribution in [-0.2, 0) is 11.4 Å². The van der Waals surface area contributed by atoms with Crippen LogP contribution in [0.15, 0.2) is 24.3 Å². The van der Waals surface area contributed by atoms with Crippen LogP contribution in [0.1, 0.15) is 50.3 Å². The molecule has 100 valence electrons. The van der Waals surface area contributed by atoms with Crippen LogP contribution in [0.4, 0.5) is 0 Å². The van der Waals surface area contributed by atoms with Gasteiger partial charge in [-0.15, -0.1) is 0 Å². The van der Waals surface area contributed by atoms with Gasteiger partial charge in [-0.2, -0.15) is 0 Å². The monoisotopic (exact) mass is 248 g/mol. The third-order valence-electron chi connectivity index (χ3n) is 4.06. The lowest BCUT2D eigenvalue weighted by Crippen LogP contribution is -2.39. The third-order valence-corrected chi connectivity index (χ3v) is 4.06. The maximum absolute atomic E-state index is 5.09. The van der Waals surface area contributed by atoms with Crippen molar-refractivity contribution in [1.29, 1.82) is 0 Å². The minimum Gasteiger partial charge on any atom is -0.300 e. The summed E-state index contributed by atoms with van der Waals surface area (Å²) in [6.07, 6.45) is 4.02. The molecule has 0 aliphatic carbocycles. The molecule has 1 aromatic carbocycles. The number of benzene rings is 1. The van der Waals surface area contributed by atoms with Gasteiger partial charge in [-0.3, -0.25) is 9.74 Å². The molecule has 1 fully saturated rings. The zero-order valence-electron chi connectivity index (χ0n) is 11.4. The van der Waals surface area contributed by atoms with Gasteiger partial charge in [0.05, 0.1) is 6.61 Å². The predicted molar refractivity (Wildman–Crippen MR) is 73.9 cm³/mol. The van der Waals surface area contributed by atoms with Crippen molar-refractivity contribution in [2.24, 2.45) is 5.90 Å². The zero-order chi connectivity index (χ0) is 13.0.